The molecule has 0 aromatic carbocycles. The van der Waals surface area contributed by atoms with Gasteiger partial charge < -0.3 is 20.8 Å². The van der Waals surface area contributed by atoms with Gasteiger partial charge in [-0.25, -0.2) is 0 Å². The molecule has 0 saturated heterocycles. The summed E-state index contributed by atoms with van der Waals surface area (Å²) in [6.45, 7) is 1.63. The molecular formula is C8H18N2O3. The summed E-state index contributed by atoms with van der Waals surface area (Å²) in [6, 6.07) is 0. The van der Waals surface area contributed by atoms with Crippen LogP contribution in [0.2, 0.25) is 0 Å². The Bertz CT molecular complexity index is 157. The fraction of sp³-hybridized carbons (Fsp3) is 0.875. The summed E-state index contributed by atoms with van der Waals surface area (Å²) in [7, 11) is 1.75. The largest absolute Gasteiger partial charge is 0.394 e. The fourth-order valence-electron chi connectivity index (χ4n) is 0.767. The van der Waals surface area contributed by atoms with Crippen molar-refractivity contribution in [2.24, 2.45) is 0 Å². The standard InChI is InChI=1S/C8H18N2O3/c1-8(5-11,6-12)10-7(13)3-4-9-2/h9,11-12H,3-6H2,1-2H3,(H,10,13). The van der Waals surface area contributed by atoms with E-state index in [1.165, 1.54) is 0 Å². The van der Waals surface area contributed by atoms with Crippen molar-refractivity contribution in [2.45, 2.75) is 18.9 Å². The minimum Gasteiger partial charge on any atom is -0.394 e. The smallest absolute Gasteiger partial charge is 0.221 e. The van der Waals surface area contributed by atoms with Crippen LogP contribution in [0.25, 0.3) is 0 Å². The molecule has 4 N–H and O–H groups in total. The van der Waals surface area contributed by atoms with Crippen LogP contribution in [0.15, 0.2) is 0 Å². The van der Waals surface area contributed by atoms with Crippen LogP contribution in [0, 0.1) is 0 Å². The van der Waals surface area contributed by atoms with Gasteiger partial charge in [-0.3, -0.25) is 4.79 Å². The lowest BCUT2D eigenvalue weighted by atomic mass is 10.1. The molecule has 0 spiro atoms. The molecule has 0 bridgehead atoms. The number of hydrogen-bond acceptors (Lipinski definition) is 4. The first kappa shape index (κ1) is 12.3. The van der Waals surface area contributed by atoms with Crippen LogP contribution >= 0.6 is 0 Å². The van der Waals surface area contributed by atoms with Gasteiger partial charge in [-0.2, -0.15) is 0 Å². The molecule has 0 aliphatic rings. The Morgan fingerprint density at radius 1 is 1.38 bits per heavy atom. The summed E-state index contributed by atoms with van der Waals surface area (Å²) in [5.41, 5.74) is -0.912. The lowest BCUT2D eigenvalue weighted by Gasteiger charge is -2.26. The molecule has 5 heteroatoms. The molecule has 0 aromatic rings. The van der Waals surface area contributed by atoms with Crippen molar-refractivity contribution in [2.75, 3.05) is 26.8 Å². The van der Waals surface area contributed by atoms with Crippen LogP contribution in [0.1, 0.15) is 13.3 Å². The Morgan fingerprint density at radius 3 is 2.31 bits per heavy atom. The maximum atomic E-state index is 11.2. The second-order valence-electron chi connectivity index (χ2n) is 3.28. The van der Waals surface area contributed by atoms with Gasteiger partial charge in [-0.15, -0.1) is 0 Å². The molecule has 0 aromatic heterocycles. The van der Waals surface area contributed by atoms with E-state index in [-0.39, 0.29) is 19.1 Å². The van der Waals surface area contributed by atoms with Crippen LogP contribution in [0.5, 0.6) is 0 Å². The van der Waals surface area contributed by atoms with E-state index in [9.17, 15) is 4.79 Å². The van der Waals surface area contributed by atoms with Gasteiger partial charge in [0.2, 0.25) is 5.91 Å². The van der Waals surface area contributed by atoms with Gasteiger partial charge in [-0.05, 0) is 14.0 Å². The molecule has 0 fully saturated rings. The highest BCUT2D eigenvalue weighted by Crippen LogP contribution is 2.00. The van der Waals surface area contributed by atoms with E-state index in [1.54, 1.807) is 14.0 Å². The van der Waals surface area contributed by atoms with Crippen molar-refractivity contribution in [3.05, 3.63) is 0 Å². The van der Waals surface area contributed by atoms with Crippen molar-refractivity contribution < 1.29 is 15.0 Å². The lowest BCUT2D eigenvalue weighted by Crippen LogP contribution is -2.52. The van der Waals surface area contributed by atoms with E-state index in [4.69, 9.17) is 10.2 Å². The van der Waals surface area contributed by atoms with Gasteiger partial charge in [0.15, 0.2) is 0 Å². The minimum absolute atomic E-state index is 0.181. The number of amides is 1. The van der Waals surface area contributed by atoms with Crippen LogP contribution in [-0.4, -0.2) is 48.5 Å². The van der Waals surface area contributed by atoms with Gasteiger partial charge in [-0.1, -0.05) is 0 Å². The van der Waals surface area contributed by atoms with E-state index < -0.39 is 5.54 Å². The normalized spacial score (nSPS) is 11.4. The van der Waals surface area contributed by atoms with E-state index in [0.717, 1.165) is 0 Å². The molecule has 0 radical (unpaired) electrons. The molecule has 0 aliphatic heterocycles. The fourth-order valence-corrected chi connectivity index (χ4v) is 0.767. The summed E-state index contributed by atoms with van der Waals surface area (Å²) < 4.78 is 0. The molecule has 78 valence electrons. The molecule has 13 heavy (non-hydrogen) atoms. The number of nitrogens with one attached hydrogen (secondary N) is 2. The lowest BCUT2D eigenvalue weighted by molar-refractivity contribution is -0.123. The highest BCUT2D eigenvalue weighted by atomic mass is 16.3. The Balaban J connectivity index is 3.87. The Hall–Kier alpha value is -0.650. The molecule has 0 unspecified atom stereocenters. The first-order valence-corrected chi connectivity index (χ1v) is 4.25. The molecular weight excluding hydrogens is 172 g/mol. The van der Waals surface area contributed by atoms with Gasteiger partial charge in [0.1, 0.15) is 0 Å². The van der Waals surface area contributed by atoms with Crippen LogP contribution in [0.4, 0.5) is 0 Å². The van der Waals surface area contributed by atoms with E-state index in [1.807, 2.05) is 0 Å². The number of hydrogen-bond donors (Lipinski definition) is 4. The van der Waals surface area contributed by atoms with Crippen LogP contribution < -0.4 is 10.6 Å². The van der Waals surface area contributed by atoms with Crippen molar-refractivity contribution in [3.63, 3.8) is 0 Å². The van der Waals surface area contributed by atoms with Gasteiger partial charge in [0.05, 0.1) is 18.8 Å². The average molecular weight is 190 g/mol. The van der Waals surface area contributed by atoms with Gasteiger partial charge >= 0.3 is 0 Å². The van der Waals surface area contributed by atoms with Crippen molar-refractivity contribution in [3.8, 4) is 0 Å². The topological polar surface area (TPSA) is 81.6 Å². The highest BCUT2D eigenvalue weighted by Gasteiger charge is 2.23. The first-order chi connectivity index (χ1) is 6.08. The highest BCUT2D eigenvalue weighted by molar-refractivity contribution is 5.76. The Kier molecular flexibility index (Phi) is 5.61. The van der Waals surface area contributed by atoms with E-state index >= 15 is 0 Å². The number of carbonyl (C=O) groups excluding carboxylic acids is 1. The Morgan fingerprint density at radius 2 is 1.92 bits per heavy atom. The van der Waals surface area contributed by atoms with E-state index in [2.05, 4.69) is 10.6 Å². The molecule has 0 rings (SSSR count). The third-order valence-corrected chi connectivity index (χ3v) is 1.74. The van der Waals surface area contributed by atoms with Gasteiger partial charge in [0.25, 0.3) is 0 Å². The number of aliphatic hydroxyl groups is 2. The number of carbonyl (C=O) groups is 1. The molecule has 5 nitrogen and oxygen atoms in total. The summed E-state index contributed by atoms with van der Waals surface area (Å²) >= 11 is 0. The average Bonchev–Trinajstić information content (AvgIpc) is 2.14. The minimum atomic E-state index is -0.912. The van der Waals surface area contributed by atoms with E-state index in [0.29, 0.717) is 13.0 Å². The molecule has 1 amide bonds. The summed E-state index contributed by atoms with van der Waals surface area (Å²) in [5.74, 6) is -0.181. The summed E-state index contributed by atoms with van der Waals surface area (Å²) in [4.78, 5) is 11.2. The summed E-state index contributed by atoms with van der Waals surface area (Å²) in [5, 5.41) is 23.1. The third kappa shape index (κ3) is 4.82. The predicted octanol–water partition coefficient (Wildman–Crippen LogP) is -1.54. The van der Waals surface area contributed by atoms with Crippen molar-refractivity contribution in [1.29, 1.82) is 0 Å². The van der Waals surface area contributed by atoms with Crippen molar-refractivity contribution in [1.82, 2.24) is 10.6 Å². The van der Waals surface area contributed by atoms with Gasteiger partial charge in [0, 0.05) is 13.0 Å². The maximum Gasteiger partial charge on any atom is 0.221 e. The third-order valence-electron chi connectivity index (χ3n) is 1.74. The quantitative estimate of drug-likeness (QED) is 0.409. The second kappa shape index (κ2) is 5.90. The molecule has 0 atom stereocenters. The monoisotopic (exact) mass is 190 g/mol. The summed E-state index contributed by atoms with van der Waals surface area (Å²) in [6.07, 6.45) is 0.339. The molecule has 0 aliphatic carbocycles. The molecule has 0 heterocycles. The number of rotatable bonds is 6. The maximum absolute atomic E-state index is 11.2. The second-order valence-corrected chi connectivity index (χ2v) is 3.28. The van der Waals surface area contributed by atoms with Crippen molar-refractivity contribution >= 4 is 5.91 Å². The first-order valence-electron chi connectivity index (χ1n) is 4.25. The number of aliphatic hydroxyl groups excluding tert-OH is 2. The zero-order valence-electron chi connectivity index (χ0n) is 8.13. The van der Waals surface area contributed by atoms with Crippen LogP contribution in [-0.2, 0) is 4.79 Å². The predicted molar refractivity (Wildman–Crippen MR) is 49.3 cm³/mol. The SMILES string of the molecule is CNCCC(=O)NC(C)(CO)CO. The molecule has 0 saturated carbocycles. The van der Waals surface area contributed by atoms with Crippen LogP contribution in [0.3, 0.4) is 0 Å². The zero-order valence-corrected chi connectivity index (χ0v) is 8.13. The zero-order chi connectivity index (χ0) is 10.3. The Labute approximate surface area is 78.1 Å².